The Bertz CT molecular complexity index is 345. The van der Waals surface area contributed by atoms with Crippen LogP contribution in [-0.4, -0.2) is 22.7 Å². The van der Waals surface area contributed by atoms with E-state index >= 15 is 0 Å². The molecule has 1 heterocycles. The van der Waals surface area contributed by atoms with Crippen molar-refractivity contribution in [1.29, 1.82) is 0 Å². The summed E-state index contributed by atoms with van der Waals surface area (Å²) in [6.45, 7) is 3.20. The van der Waals surface area contributed by atoms with Crippen LogP contribution in [0, 0.1) is 5.92 Å². The molecular weight excluding hydrogens is 190 g/mol. The van der Waals surface area contributed by atoms with Gasteiger partial charge in [-0.05, 0) is 25.2 Å². The Labute approximate surface area is 89.4 Å². The molecule has 1 N–H and O–H groups in total. The van der Waals surface area contributed by atoms with Crippen LogP contribution in [0.5, 0.6) is 0 Å². The fourth-order valence-electron chi connectivity index (χ4n) is 1.87. The number of aromatic nitrogens is 2. The fourth-order valence-corrected chi connectivity index (χ4v) is 1.87. The molecule has 0 radical (unpaired) electrons. The monoisotopic (exact) mass is 207 g/mol. The molecular formula is C11H17N3O. The van der Waals surface area contributed by atoms with Gasteiger partial charge in [0, 0.05) is 24.9 Å². The van der Waals surface area contributed by atoms with E-state index in [4.69, 9.17) is 4.52 Å². The van der Waals surface area contributed by atoms with Crippen molar-refractivity contribution >= 4 is 0 Å². The van der Waals surface area contributed by atoms with Crippen molar-refractivity contribution in [2.45, 2.75) is 44.6 Å². The maximum Gasteiger partial charge on any atom is 0.227 e. The van der Waals surface area contributed by atoms with Gasteiger partial charge in [-0.3, -0.25) is 0 Å². The van der Waals surface area contributed by atoms with Gasteiger partial charge in [-0.1, -0.05) is 12.1 Å². The van der Waals surface area contributed by atoms with Crippen LogP contribution >= 0.6 is 0 Å². The third kappa shape index (κ3) is 2.20. The van der Waals surface area contributed by atoms with Crippen molar-refractivity contribution in [2.24, 2.45) is 5.92 Å². The third-order valence-corrected chi connectivity index (χ3v) is 3.27. The van der Waals surface area contributed by atoms with E-state index in [-0.39, 0.29) is 0 Å². The number of rotatable bonds is 5. The molecule has 0 spiro atoms. The molecule has 2 aliphatic carbocycles. The summed E-state index contributed by atoms with van der Waals surface area (Å²) in [5, 5.41) is 7.47. The van der Waals surface area contributed by atoms with Crippen molar-refractivity contribution < 1.29 is 4.52 Å². The highest BCUT2D eigenvalue weighted by Gasteiger charge is 2.37. The Balaban J connectivity index is 1.49. The minimum atomic E-state index is 0.568. The zero-order valence-corrected chi connectivity index (χ0v) is 9.07. The largest absolute Gasteiger partial charge is 0.339 e. The minimum Gasteiger partial charge on any atom is -0.339 e. The lowest BCUT2D eigenvalue weighted by molar-refractivity contribution is 0.370. The first-order chi connectivity index (χ1) is 7.33. The molecule has 15 heavy (non-hydrogen) atoms. The standard InChI is InChI=1S/C11H17N3O/c1-7-6-9(7)11-13-10(15-14-11)4-5-12-8-2-3-8/h7-9,12H,2-6H2,1H3. The first-order valence-corrected chi connectivity index (χ1v) is 5.89. The van der Waals surface area contributed by atoms with Crippen LogP contribution < -0.4 is 5.32 Å². The first-order valence-electron chi connectivity index (χ1n) is 5.89. The van der Waals surface area contributed by atoms with Gasteiger partial charge in [0.2, 0.25) is 5.89 Å². The van der Waals surface area contributed by atoms with Gasteiger partial charge in [0.15, 0.2) is 5.82 Å². The summed E-state index contributed by atoms with van der Waals surface area (Å²) in [4.78, 5) is 4.42. The van der Waals surface area contributed by atoms with Crippen molar-refractivity contribution in [3.05, 3.63) is 11.7 Å². The van der Waals surface area contributed by atoms with Gasteiger partial charge in [-0.25, -0.2) is 0 Å². The Hall–Kier alpha value is -0.900. The molecule has 0 aliphatic heterocycles. The normalized spacial score (nSPS) is 29.4. The molecule has 1 aromatic heterocycles. The van der Waals surface area contributed by atoms with Crippen molar-refractivity contribution in [3.8, 4) is 0 Å². The van der Waals surface area contributed by atoms with Crippen LogP contribution in [0.4, 0.5) is 0 Å². The Morgan fingerprint density at radius 3 is 2.93 bits per heavy atom. The van der Waals surface area contributed by atoms with E-state index in [2.05, 4.69) is 22.4 Å². The summed E-state index contributed by atoms with van der Waals surface area (Å²) in [5.41, 5.74) is 0. The average molecular weight is 207 g/mol. The fraction of sp³-hybridized carbons (Fsp3) is 0.818. The maximum atomic E-state index is 5.22. The zero-order chi connectivity index (χ0) is 10.3. The van der Waals surface area contributed by atoms with Gasteiger partial charge in [-0.15, -0.1) is 0 Å². The molecule has 2 unspecified atom stereocenters. The molecule has 4 nitrogen and oxygen atoms in total. The average Bonchev–Trinajstić information content (AvgIpc) is 3.11. The van der Waals surface area contributed by atoms with Gasteiger partial charge in [-0.2, -0.15) is 4.98 Å². The molecule has 1 aromatic rings. The highest BCUT2D eigenvalue weighted by molar-refractivity contribution is 5.07. The highest BCUT2D eigenvalue weighted by atomic mass is 16.5. The van der Waals surface area contributed by atoms with Crippen LogP contribution in [0.3, 0.4) is 0 Å². The summed E-state index contributed by atoms with van der Waals surface area (Å²) in [7, 11) is 0. The van der Waals surface area contributed by atoms with Gasteiger partial charge < -0.3 is 9.84 Å². The van der Waals surface area contributed by atoms with Crippen molar-refractivity contribution in [1.82, 2.24) is 15.5 Å². The maximum absolute atomic E-state index is 5.22. The molecule has 0 saturated heterocycles. The lowest BCUT2D eigenvalue weighted by Crippen LogP contribution is -2.19. The van der Waals surface area contributed by atoms with Crippen LogP contribution in [0.25, 0.3) is 0 Å². The Morgan fingerprint density at radius 2 is 2.27 bits per heavy atom. The molecule has 82 valence electrons. The highest BCUT2D eigenvalue weighted by Crippen LogP contribution is 2.45. The van der Waals surface area contributed by atoms with E-state index in [0.717, 1.165) is 36.6 Å². The van der Waals surface area contributed by atoms with Gasteiger partial charge >= 0.3 is 0 Å². The second-order valence-corrected chi connectivity index (χ2v) is 4.84. The number of hydrogen-bond acceptors (Lipinski definition) is 4. The van der Waals surface area contributed by atoms with Crippen molar-refractivity contribution in [2.75, 3.05) is 6.54 Å². The molecule has 4 heteroatoms. The molecule has 2 fully saturated rings. The topological polar surface area (TPSA) is 51.0 Å². The van der Waals surface area contributed by atoms with Gasteiger partial charge in [0.25, 0.3) is 0 Å². The molecule has 2 aliphatic rings. The molecule has 2 atom stereocenters. The quantitative estimate of drug-likeness (QED) is 0.794. The van der Waals surface area contributed by atoms with Crippen molar-refractivity contribution in [3.63, 3.8) is 0 Å². The number of nitrogens with zero attached hydrogens (tertiary/aromatic N) is 2. The predicted octanol–water partition coefficient (Wildman–Crippen LogP) is 1.49. The second-order valence-electron chi connectivity index (χ2n) is 4.84. The van der Waals surface area contributed by atoms with Crippen LogP contribution in [-0.2, 0) is 6.42 Å². The Morgan fingerprint density at radius 1 is 1.47 bits per heavy atom. The summed E-state index contributed by atoms with van der Waals surface area (Å²) >= 11 is 0. The van der Waals surface area contributed by atoms with Crippen LogP contribution in [0.1, 0.15) is 43.8 Å². The van der Waals surface area contributed by atoms with E-state index in [1.807, 2.05) is 0 Å². The minimum absolute atomic E-state index is 0.568. The third-order valence-electron chi connectivity index (χ3n) is 3.27. The van der Waals surface area contributed by atoms with E-state index in [9.17, 15) is 0 Å². The Kier molecular flexibility index (Phi) is 2.24. The molecule has 2 saturated carbocycles. The lowest BCUT2D eigenvalue weighted by Gasteiger charge is -1.97. The van der Waals surface area contributed by atoms with E-state index < -0.39 is 0 Å². The van der Waals surface area contributed by atoms with E-state index in [1.54, 1.807) is 0 Å². The number of nitrogens with one attached hydrogen (secondary N) is 1. The SMILES string of the molecule is CC1CC1c1noc(CCNC2CC2)n1. The molecule has 0 aromatic carbocycles. The van der Waals surface area contributed by atoms with Gasteiger partial charge in [0.05, 0.1) is 0 Å². The molecule has 0 amide bonds. The van der Waals surface area contributed by atoms with E-state index in [0.29, 0.717) is 5.92 Å². The summed E-state index contributed by atoms with van der Waals surface area (Å²) in [6, 6.07) is 0.760. The van der Waals surface area contributed by atoms with Crippen LogP contribution in [0.2, 0.25) is 0 Å². The lowest BCUT2D eigenvalue weighted by atomic mass is 10.3. The molecule has 0 bridgehead atoms. The first kappa shape index (κ1) is 9.33. The second kappa shape index (κ2) is 3.59. The summed E-state index contributed by atoms with van der Waals surface area (Å²) < 4.78 is 5.22. The zero-order valence-electron chi connectivity index (χ0n) is 9.07. The molecule has 3 rings (SSSR count). The number of hydrogen-bond donors (Lipinski definition) is 1. The van der Waals surface area contributed by atoms with Gasteiger partial charge in [0.1, 0.15) is 0 Å². The predicted molar refractivity (Wildman–Crippen MR) is 55.5 cm³/mol. The summed E-state index contributed by atoms with van der Waals surface area (Å²) in [6.07, 6.45) is 4.74. The van der Waals surface area contributed by atoms with Crippen LogP contribution in [0.15, 0.2) is 4.52 Å². The summed E-state index contributed by atoms with van der Waals surface area (Å²) in [5.74, 6) is 3.03. The smallest absolute Gasteiger partial charge is 0.227 e. The van der Waals surface area contributed by atoms with E-state index in [1.165, 1.54) is 19.3 Å².